The third kappa shape index (κ3) is 3.44. The minimum absolute atomic E-state index is 0.349. The van der Waals surface area contributed by atoms with Crippen molar-refractivity contribution in [3.05, 3.63) is 101 Å². The van der Waals surface area contributed by atoms with Crippen LogP contribution in [0.2, 0.25) is 0 Å². The molecule has 0 amide bonds. The Kier molecular flexibility index (Phi) is 5.23. The highest BCUT2D eigenvalue weighted by Gasteiger charge is 2.57. The zero-order valence-electron chi connectivity index (χ0n) is 19.8. The lowest BCUT2D eigenvalue weighted by Gasteiger charge is -2.56. The van der Waals surface area contributed by atoms with Gasteiger partial charge >= 0.3 is 0 Å². The summed E-state index contributed by atoms with van der Waals surface area (Å²) in [6.07, 6.45) is 3.39. The van der Waals surface area contributed by atoms with E-state index in [1.807, 2.05) is 6.07 Å². The van der Waals surface area contributed by atoms with E-state index in [-0.39, 0.29) is 5.41 Å². The number of para-hydroxylation sites is 1. The van der Waals surface area contributed by atoms with E-state index in [0.29, 0.717) is 13.0 Å². The van der Waals surface area contributed by atoms with Crippen molar-refractivity contribution in [1.82, 2.24) is 9.88 Å². The number of likely N-dealkylation sites (tertiary alicyclic amines) is 1. The lowest BCUT2D eigenvalue weighted by molar-refractivity contribution is -0.102. The van der Waals surface area contributed by atoms with Gasteiger partial charge in [-0.1, -0.05) is 60.7 Å². The third-order valence-electron chi connectivity index (χ3n) is 8.26. The van der Waals surface area contributed by atoms with Crippen LogP contribution in [0.15, 0.2) is 78.9 Å². The van der Waals surface area contributed by atoms with Gasteiger partial charge in [-0.2, -0.15) is 0 Å². The highest BCUT2D eigenvalue weighted by molar-refractivity contribution is 5.85. The fraction of sp³-hybridized carbons (Fsp3) is 0.333. The molecule has 1 aromatic heterocycles. The summed E-state index contributed by atoms with van der Waals surface area (Å²) in [5, 5.41) is 13.8. The van der Waals surface area contributed by atoms with E-state index in [0.717, 1.165) is 43.6 Å². The zero-order chi connectivity index (χ0) is 23.2. The number of methoxy groups -OCH3 is 1. The molecule has 2 heterocycles. The largest absolute Gasteiger partial charge is 0.497 e. The Labute approximate surface area is 201 Å². The summed E-state index contributed by atoms with van der Waals surface area (Å²) < 4.78 is 5.58. The van der Waals surface area contributed by atoms with Gasteiger partial charge in [0.05, 0.1) is 12.7 Å². The Hall–Kier alpha value is -3.08. The summed E-state index contributed by atoms with van der Waals surface area (Å²) in [6.45, 7) is 2.61. The van der Waals surface area contributed by atoms with Gasteiger partial charge in [-0.3, -0.25) is 0 Å². The number of aromatic nitrogens is 1. The molecule has 1 aliphatic carbocycles. The van der Waals surface area contributed by atoms with Crippen LogP contribution in [0.5, 0.6) is 5.75 Å². The number of aliphatic hydroxyl groups is 1. The summed E-state index contributed by atoms with van der Waals surface area (Å²) in [7, 11) is 1.71. The molecule has 6 rings (SSSR count). The number of piperidine rings is 1. The molecule has 1 saturated heterocycles. The summed E-state index contributed by atoms with van der Waals surface area (Å²) >= 11 is 0. The molecule has 4 heteroatoms. The predicted molar refractivity (Wildman–Crippen MR) is 137 cm³/mol. The predicted octanol–water partition coefficient (Wildman–Crippen LogP) is 4.89. The first-order valence-corrected chi connectivity index (χ1v) is 12.3. The number of nitrogens with one attached hydrogen (secondary N) is 1. The number of hydrogen-bond donors (Lipinski definition) is 2. The molecule has 1 fully saturated rings. The first kappa shape index (κ1) is 21.5. The summed E-state index contributed by atoms with van der Waals surface area (Å²) in [5.41, 5.74) is 5.04. The SMILES string of the molecule is COc1cccc([C@@]23CCN(CCc4ccccc4)C[C@@]2(O)Cc2c([nH]c4ccccc24)C3)c1. The van der Waals surface area contributed by atoms with Crippen molar-refractivity contribution in [2.45, 2.75) is 36.7 Å². The van der Waals surface area contributed by atoms with Gasteiger partial charge in [-0.25, -0.2) is 0 Å². The average Bonchev–Trinajstić information content (AvgIpc) is 3.22. The molecule has 0 bridgehead atoms. The normalized spacial score (nSPS) is 24.5. The van der Waals surface area contributed by atoms with Crippen molar-refractivity contribution >= 4 is 10.9 Å². The number of nitrogens with zero attached hydrogens (tertiary/aromatic N) is 1. The van der Waals surface area contributed by atoms with Gasteiger partial charge in [0.1, 0.15) is 5.75 Å². The van der Waals surface area contributed by atoms with E-state index in [1.54, 1.807) is 7.11 Å². The van der Waals surface area contributed by atoms with Gasteiger partial charge in [0.15, 0.2) is 0 Å². The number of ether oxygens (including phenoxy) is 1. The maximum absolute atomic E-state index is 12.6. The highest BCUT2D eigenvalue weighted by Crippen LogP contribution is 2.51. The molecule has 174 valence electrons. The van der Waals surface area contributed by atoms with Gasteiger partial charge in [-0.15, -0.1) is 0 Å². The van der Waals surface area contributed by atoms with Gasteiger partial charge in [0.2, 0.25) is 0 Å². The molecule has 4 aromatic rings. The van der Waals surface area contributed by atoms with Crippen LogP contribution in [0.25, 0.3) is 10.9 Å². The Morgan fingerprint density at radius 2 is 1.79 bits per heavy atom. The van der Waals surface area contributed by atoms with Crippen molar-refractivity contribution < 1.29 is 9.84 Å². The van der Waals surface area contributed by atoms with Crippen molar-refractivity contribution in [1.29, 1.82) is 0 Å². The average molecular weight is 453 g/mol. The Morgan fingerprint density at radius 1 is 0.971 bits per heavy atom. The fourth-order valence-electron chi connectivity index (χ4n) is 6.42. The maximum Gasteiger partial charge on any atom is 0.119 e. The van der Waals surface area contributed by atoms with E-state index in [4.69, 9.17) is 4.74 Å². The summed E-state index contributed by atoms with van der Waals surface area (Å²) in [5.74, 6) is 0.850. The number of benzene rings is 3. The van der Waals surface area contributed by atoms with Gasteiger partial charge in [0.25, 0.3) is 0 Å². The highest BCUT2D eigenvalue weighted by atomic mass is 16.5. The summed E-state index contributed by atoms with van der Waals surface area (Å²) in [4.78, 5) is 6.15. The lowest BCUT2D eigenvalue weighted by atomic mass is 9.56. The van der Waals surface area contributed by atoms with Crippen molar-refractivity contribution in [3.63, 3.8) is 0 Å². The molecule has 1 aliphatic heterocycles. The smallest absolute Gasteiger partial charge is 0.119 e. The number of hydrogen-bond acceptors (Lipinski definition) is 3. The standard InChI is InChI=1S/C30H32N2O2/c1-34-24-11-7-10-23(18-24)29-15-17-32(16-14-22-8-3-2-4-9-22)21-30(29,33)19-26-25-12-5-6-13-27(25)31-28(26)20-29/h2-13,18,31,33H,14-17,19-21H2,1H3/t29-,30-/m0/s1. The van der Waals surface area contributed by atoms with Crippen molar-refractivity contribution in [2.24, 2.45) is 0 Å². The monoisotopic (exact) mass is 452 g/mol. The van der Waals surface area contributed by atoms with Crippen LogP contribution in [-0.2, 0) is 24.7 Å². The molecule has 4 nitrogen and oxygen atoms in total. The van der Waals surface area contributed by atoms with Crippen LogP contribution < -0.4 is 4.74 Å². The number of fused-ring (bicyclic) bond motifs is 4. The van der Waals surface area contributed by atoms with Crippen LogP contribution >= 0.6 is 0 Å². The second-order valence-corrected chi connectivity index (χ2v) is 10.1. The quantitative estimate of drug-likeness (QED) is 0.453. The molecule has 0 saturated carbocycles. The molecule has 2 aliphatic rings. The number of rotatable bonds is 5. The Balaban J connectivity index is 1.39. The van der Waals surface area contributed by atoms with Crippen LogP contribution in [0.1, 0.15) is 28.8 Å². The molecular formula is C30H32N2O2. The molecular weight excluding hydrogens is 420 g/mol. The second-order valence-electron chi connectivity index (χ2n) is 10.1. The van der Waals surface area contributed by atoms with Gasteiger partial charge in [-0.05, 0) is 54.3 Å². The molecule has 0 unspecified atom stereocenters. The van der Waals surface area contributed by atoms with Gasteiger partial charge in [0, 0.05) is 47.9 Å². The van der Waals surface area contributed by atoms with Crippen LogP contribution in [0, 0.1) is 0 Å². The van der Waals surface area contributed by atoms with E-state index < -0.39 is 5.60 Å². The topological polar surface area (TPSA) is 48.5 Å². The fourth-order valence-corrected chi connectivity index (χ4v) is 6.42. The van der Waals surface area contributed by atoms with E-state index in [2.05, 4.69) is 82.7 Å². The van der Waals surface area contributed by atoms with Crippen LogP contribution in [0.3, 0.4) is 0 Å². The molecule has 0 radical (unpaired) electrons. The van der Waals surface area contributed by atoms with Crippen molar-refractivity contribution in [2.75, 3.05) is 26.7 Å². The lowest BCUT2D eigenvalue weighted by Crippen LogP contribution is -2.66. The van der Waals surface area contributed by atoms with Crippen molar-refractivity contribution in [3.8, 4) is 5.75 Å². The Morgan fingerprint density at radius 3 is 2.65 bits per heavy atom. The van der Waals surface area contributed by atoms with E-state index in [1.165, 1.54) is 27.8 Å². The molecule has 0 spiro atoms. The number of β-amino-alcohol motifs (C(OH)–C–C–N with tert-alkyl or cyclic N) is 1. The first-order chi connectivity index (χ1) is 16.6. The molecule has 2 atom stereocenters. The third-order valence-corrected chi connectivity index (χ3v) is 8.26. The minimum Gasteiger partial charge on any atom is -0.497 e. The maximum atomic E-state index is 12.6. The number of H-pyrrole nitrogens is 1. The molecule has 3 aromatic carbocycles. The van der Waals surface area contributed by atoms with Crippen LogP contribution in [0.4, 0.5) is 0 Å². The van der Waals surface area contributed by atoms with E-state index in [9.17, 15) is 5.11 Å². The van der Waals surface area contributed by atoms with Crippen LogP contribution in [-0.4, -0.2) is 47.3 Å². The van der Waals surface area contributed by atoms with E-state index >= 15 is 0 Å². The molecule has 34 heavy (non-hydrogen) atoms. The summed E-state index contributed by atoms with van der Waals surface area (Å²) in [6, 6.07) is 27.5. The zero-order valence-corrected chi connectivity index (χ0v) is 19.8. The minimum atomic E-state index is -0.855. The number of aromatic amines is 1. The van der Waals surface area contributed by atoms with Gasteiger partial charge < -0.3 is 19.7 Å². The Bertz CT molecular complexity index is 1310. The first-order valence-electron chi connectivity index (χ1n) is 12.3. The molecule has 2 N–H and O–H groups in total. The second kappa shape index (κ2) is 8.30.